The van der Waals surface area contributed by atoms with Gasteiger partial charge in [-0.05, 0) is 30.5 Å². The van der Waals surface area contributed by atoms with Crippen LogP contribution in [0.15, 0.2) is 91.0 Å². The molecule has 1 amide bonds. The number of carbonyl (C=O) groups is 4. The number of carboxylic acids is 1. The molecule has 2 N–H and O–H groups in total. The van der Waals surface area contributed by atoms with Gasteiger partial charge in [0.15, 0.2) is 0 Å². The Labute approximate surface area is 228 Å². The molecule has 0 saturated heterocycles. The summed E-state index contributed by atoms with van der Waals surface area (Å²) in [4.78, 5) is 51.0. The Morgan fingerprint density at radius 3 is 1.56 bits per heavy atom. The highest BCUT2D eigenvalue weighted by atomic mass is 16.5. The monoisotopic (exact) mass is 531 g/mol. The van der Waals surface area contributed by atoms with E-state index >= 15 is 0 Å². The van der Waals surface area contributed by atoms with E-state index in [1.54, 1.807) is 13.8 Å². The van der Waals surface area contributed by atoms with Gasteiger partial charge >= 0.3 is 17.9 Å². The van der Waals surface area contributed by atoms with Crippen LogP contribution in [-0.2, 0) is 34.1 Å². The maximum atomic E-state index is 13.7. The fraction of sp³-hybridized carbons (Fsp3) is 0.290. The van der Waals surface area contributed by atoms with Gasteiger partial charge in [-0.2, -0.15) is 0 Å². The molecule has 0 aromatic heterocycles. The molecule has 0 heterocycles. The first-order valence-corrected chi connectivity index (χ1v) is 12.8. The lowest BCUT2D eigenvalue weighted by Gasteiger charge is -2.36. The number of rotatable bonds is 13. The summed E-state index contributed by atoms with van der Waals surface area (Å²) < 4.78 is 9.98. The highest BCUT2D eigenvalue weighted by Crippen LogP contribution is 2.42. The first kappa shape index (κ1) is 29.1. The van der Waals surface area contributed by atoms with Crippen molar-refractivity contribution in [1.82, 2.24) is 5.32 Å². The predicted molar refractivity (Wildman–Crippen MR) is 145 cm³/mol. The van der Waals surface area contributed by atoms with Gasteiger partial charge in [0.1, 0.15) is 6.04 Å². The zero-order valence-electron chi connectivity index (χ0n) is 22.0. The van der Waals surface area contributed by atoms with Gasteiger partial charge in [-0.1, -0.05) is 91.0 Å². The molecule has 204 valence electrons. The van der Waals surface area contributed by atoms with E-state index in [9.17, 15) is 24.3 Å². The lowest BCUT2D eigenvalue weighted by molar-refractivity contribution is -0.160. The van der Waals surface area contributed by atoms with Crippen molar-refractivity contribution in [3.05, 3.63) is 108 Å². The van der Waals surface area contributed by atoms with Crippen molar-refractivity contribution in [2.24, 2.45) is 5.92 Å². The summed E-state index contributed by atoms with van der Waals surface area (Å²) in [6.45, 7) is 3.22. The molecule has 0 radical (unpaired) electrons. The molecular weight excluding hydrogens is 498 g/mol. The van der Waals surface area contributed by atoms with Gasteiger partial charge in [0.05, 0.1) is 31.0 Å². The van der Waals surface area contributed by atoms with Crippen LogP contribution in [0.4, 0.5) is 0 Å². The van der Waals surface area contributed by atoms with Gasteiger partial charge in [-0.25, -0.2) is 4.79 Å². The van der Waals surface area contributed by atoms with Crippen LogP contribution < -0.4 is 5.32 Å². The van der Waals surface area contributed by atoms with Crippen molar-refractivity contribution in [1.29, 1.82) is 0 Å². The Morgan fingerprint density at radius 1 is 0.744 bits per heavy atom. The molecule has 0 bridgehead atoms. The molecule has 8 heteroatoms. The van der Waals surface area contributed by atoms with Crippen molar-refractivity contribution in [3.63, 3.8) is 0 Å². The summed E-state index contributed by atoms with van der Waals surface area (Å²) in [5.74, 6) is -5.21. The molecular formula is C31H33NO7. The number of carbonyl (C=O) groups excluding carboxylic acids is 3. The van der Waals surface area contributed by atoms with E-state index in [-0.39, 0.29) is 19.6 Å². The van der Waals surface area contributed by atoms with Crippen LogP contribution in [-0.4, -0.2) is 48.2 Å². The van der Waals surface area contributed by atoms with Gasteiger partial charge in [-0.3, -0.25) is 14.4 Å². The molecule has 3 rings (SSSR count). The quantitative estimate of drug-likeness (QED) is 0.252. The molecule has 0 unspecified atom stereocenters. The lowest BCUT2D eigenvalue weighted by atomic mass is 9.67. The number of hydrogen-bond acceptors (Lipinski definition) is 6. The molecule has 0 spiro atoms. The molecule has 3 aromatic rings. The maximum absolute atomic E-state index is 13.7. The number of carboxylic acid groups (broad SMARTS) is 1. The van der Waals surface area contributed by atoms with Gasteiger partial charge in [0.2, 0.25) is 5.91 Å². The lowest BCUT2D eigenvalue weighted by Crippen LogP contribution is -2.51. The van der Waals surface area contributed by atoms with Crippen molar-refractivity contribution < 1.29 is 33.8 Å². The standard InChI is InChI=1S/C31H33NO7/c1-3-38-27(34)20-25(30(37)39-4-2)28(29(35)36)32-26(33)21-31(22-14-8-5-9-15-22,23-16-10-6-11-17-23)24-18-12-7-13-19-24/h5-19,25,28H,3-4,20-21H2,1-2H3,(H,32,33)(H,35,36)/t25-,28-/m1/s1. The zero-order valence-corrected chi connectivity index (χ0v) is 22.0. The smallest absolute Gasteiger partial charge is 0.327 e. The molecule has 0 saturated carbocycles. The molecule has 2 atom stereocenters. The van der Waals surface area contributed by atoms with E-state index in [1.165, 1.54) is 0 Å². The maximum Gasteiger partial charge on any atom is 0.327 e. The SMILES string of the molecule is CCOC(=O)C[C@@H](C(=O)OCC)[C@@H](NC(=O)CC(c1ccccc1)(c1ccccc1)c1ccccc1)C(=O)O. The first-order valence-electron chi connectivity index (χ1n) is 12.8. The fourth-order valence-corrected chi connectivity index (χ4v) is 4.76. The molecule has 0 aliphatic rings. The first-order chi connectivity index (χ1) is 18.8. The number of aliphatic carboxylic acids is 1. The predicted octanol–water partition coefficient (Wildman–Crippen LogP) is 4.11. The van der Waals surface area contributed by atoms with Crippen molar-refractivity contribution in [3.8, 4) is 0 Å². The van der Waals surface area contributed by atoms with Crippen LogP contribution in [0.5, 0.6) is 0 Å². The second-order valence-electron chi connectivity index (χ2n) is 8.93. The number of hydrogen-bond donors (Lipinski definition) is 2. The number of amides is 1. The topological polar surface area (TPSA) is 119 Å². The highest BCUT2D eigenvalue weighted by molar-refractivity contribution is 5.91. The molecule has 3 aromatic carbocycles. The largest absolute Gasteiger partial charge is 0.480 e. The minimum absolute atomic E-state index is 0.0163. The summed E-state index contributed by atoms with van der Waals surface area (Å²) in [5, 5.41) is 12.5. The van der Waals surface area contributed by atoms with E-state index in [0.29, 0.717) is 0 Å². The number of esters is 2. The number of ether oxygens (including phenoxy) is 2. The summed E-state index contributed by atoms with van der Waals surface area (Å²) in [7, 11) is 0. The van der Waals surface area contributed by atoms with Crippen molar-refractivity contribution in [2.45, 2.75) is 38.1 Å². The summed E-state index contributed by atoms with van der Waals surface area (Å²) in [6, 6.07) is 26.7. The second kappa shape index (κ2) is 13.9. The minimum Gasteiger partial charge on any atom is -0.480 e. The van der Waals surface area contributed by atoms with Gasteiger partial charge in [-0.15, -0.1) is 0 Å². The summed E-state index contributed by atoms with van der Waals surface area (Å²) in [5.41, 5.74) is 1.52. The average molecular weight is 532 g/mol. The van der Waals surface area contributed by atoms with E-state index in [4.69, 9.17) is 9.47 Å². The third-order valence-corrected chi connectivity index (χ3v) is 6.49. The molecule has 0 aliphatic carbocycles. The van der Waals surface area contributed by atoms with Crippen LogP contribution in [0.25, 0.3) is 0 Å². The van der Waals surface area contributed by atoms with E-state index in [2.05, 4.69) is 5.32 Å². The normalized spacial score (nSPS) is 12.6. The fourth-order valence-electron chi connectivity index (χ4n) is 4.76. The molecule has 0 fully saturated rings. The molecule has 0 aliphatic heterocycles. The Hall–Kier alpha value is -4.46. The highest BCUT2D eigenvalue weighted by Gasteiger charge is 2.42. The van der Waals surface area contributed by atoms with E-state index < -0.39 is 47.6 Å². The van der Waals surface area contributed by atoms with Gasteiger partial charge in [0, 0.05) is 6.42 Å². The minimum atomic E-state index is -1.71. The van der Waals surface area contributed by atoms with Gasteiger partial charge < -0.3 is 19.9 Å². The van der Waals surface area contributed by atoms with Crippen molar-refractivity contribution >= 4 is 23.8 Å². The third-order valence-electron chi connectivity index (χ3n) is 6.49. The van der Waals surface area contributed by atoms with E-state index in [1.807, 2.05) is 91.0 Å². The number of benzene rings is 3. The zero-order chi connectivity index (χ0) is 28.3. The Kier molecular flexibility index (Phi) is 10.4. The summed E-state index contributed by atoms with van der Waals surface area (Å²) >= 11 is 0. The number of nitrogens with one attached hydrogen (secondary N) is 1. The Balaban J connectivity index is 2.06. The summed E-state index contributed by atoms with van der Waals surface area (Å²) in [6.07, 6.45) is -0.713. The molecule has 39 heavy (non-hydrogen) atoms. The Bertz CT molecular complexity index is 1150. The van der Waals surface area contributed by atoms with Crippen LogP contribution in [0.3, 0.4) is 0 Å². The van der Waals surface area contributed by atoms with Crippen LogP contribution >= 0.6 is 0 Å². The van der Waals surface area contributed by atoms with Crippen molar-refractivity contribution in [2.75, 3.05) is 13.2 Å². The Morgan fingerprint density at radius 2 is 1.18 bits per heavy atom. The molecule has 8 nitrogen and oxygen atoms in total. The van der Waals surface area contributed by atoms with Crippen LogP contribution in [0.2, 0.25) is 0 Å². The average Bonchev–Trinajstić information content (AvgIpc) is 2.95. The third kappa shape index (κ3) is 7.10. The van der Waals surface area contributed by atoms with Gasteiger partial charge in [0.25, 0.3) is 0 Å². The van der Waals surface area contributed by atoms with E-state index in [0.717, 1.165) is 16.7 Å². The van der Waals surface area contributed by atoms with Crippen LogP contribution in [0.1, 0.15) is 43.4 Å². The van der Waals surface area contributed by atoms with Crippen LogP contribution in [0, 0.1) is 5.92 Å². The second-order valence-corrected chi connectivity index (χ2v) is 8.93.